The molecule has 0 spiro atoms. The van der Waals surface area contributed by atoms with Gasteiger partial charge >= 0.3 is 0 Å². The van der Waals surface area contributed by atoms with Gasteiger partial charge in [0.2, 0.25) is 0 Å². The third-order valence-corrected chi connectivity index (χ3v) is 3.59. The number of benzene rings is 2. The number of carbonyl (C=O) groups is 1. The van der Waals surface area contributed by atoms with Crippen LogP contribution in [0.1, 0.15) is 22.8 Å². The molecule has 1 unspecified atom stereocenters. The maximum Gasteiger partial charge on any atom is 0.161 e. The minimum Gasteiger partial charge on any atom is -0.493 e. The van der Waals surface area contributed by atoms with Crippen LogP contribution in [0.3, 0.4) is 0 Å². The number of ether oxygens (including phenoxy) is 2. The number of rotatable bonds is 8. The van der Waals surface area contributed by atoms with Gasteiger partial charge in [-0.05, 0) is 44.2 Å². The molecule has 2 rings (SSSR count). The summed E-state index contributed by atoms with van der Waals surface area (Å²) >= 11 is 0. The topological polar surface area (TPSA) is 67.8 Å². The van der Waals surface area contributed by atoms with Crippen molar-refractivity contribution in [3.63, 3.8) is 0 Å². The molecule has 2 aromatic carbocycles. The number of aliphatic hydroxyl groups is 1. The number of aryl methyl sites for hydroxylation is 1. The predicted molar refractivity (Wildman–Crippen MR) is 94.2 cm³/mol. The molecule has 24 heavy (non-hydrogen) atoms. The first-order chi connectivity index (χ1) is 11.5. The maximum atomic E-state index is 11.4. The van der Waals surface area contributed by atoms with Crippen LogP contribution in [0.4, 0.5) is 5.69 Å². The first kappa shape index (κ1) is 17.8. The lowest BCUT2D eigenvalue weighted by Gasteiger charge is -2.16. The number of hydrogen-bond donors (Lipinski definition) is 2. The molecule has 0 saturated carbocycles. The molecule has 5 heteroatoms. The van der Waals surface area contributed by atoms with E-state index in [1.807, 2.05) is 31.2 Å². The smallest absolute Gasteiger partial charge is 0.161 e. The van der Waals surface area contributed by atoms with Crippen molar-refractivity contribution in [3.05, 3.63) is 53.6 Å². The van der Waals surface area contributed by atoms with Crippen LogP contribution >= 0.6 is 0 Å². The van der Waals surface area contributed by atoms with Crippen LogP contribution in [-0.4, -0.2) is 37.3 Å². The Morgan fingerprint density at radius 1 is 1.17 bits per heavy atom. The molecule has 128 valence electrons. The lowest BCUT2D eigenvalue weighted by Crippen LogP contribution is -2.26. The standard InChI is InChI=1S/C19H23NO4/c1-13-4-7-16(8-5-13)20-11-17(22)12-24-18-9-6-15(14(2)21)10-19(18)23-3/h4-10,17,20,22H,11-12H2,1-3H3. The molecule has 0 heterocycles. The Kier molecular flexibility index (Phi) is 6.21. The summed E-state index contributed by atoms with van der Waals surface area (Å²) in [5.41, 5.74) is 2.69. The Balaban J connectivity index is 1.88. The largest absolute Gasteiger partial charge is 0.493 e. The monoisotopic (exact) mass is 329 g/mol. The van der Waals surface area contributed by atoms with Crippen molar-refractivity contribution in [3.8, 4) is 11.5 Å². The van der Waals surface area contributed by atoms with Gasteiger partial charge in [-0.2, -0.15) is 0 Å². The normalized spacial score (nSPS) is 11.7. The fourth-order valence-electron chi connectivity index (χ4n) is 2.16. The van der Waals surface area contributed by atoms with E-state index in [1.54, 1.807) is 18.2 Å². The van der Waals surface area contributed by atoms with Crippen molar-refractivity contribution < 1.29 is 19.4 Å². The molecule has 0 aliphatic rings. The minimum absolute atomic E-state index is 0.0396. The van der Waals surface area contributed by atoms with Gasteiger partial charge in [-0.3, -0.25) is 4.79 Å². The van der Waals surface area contributed by atoms with E-state index in [9.17, 15) is 9.90 Å². The highest BCUT2D eigenvalue weighted by atomic mass is 16.5. The van der Waals surface area contributed by atoms with Gasteiger partial charge in [0, 0.05) is 17.8 Å². The summed E-state index contributed by atoms with van der Waals surface area (Å²) < 4.78 is 10.8. The number of aliphatic hydroxyl groups excluding tert-OH is 1. The quantitative estimate of drug-likeness (QED) is 0.729. The summed E-state index contributed by atoms with van der Waals surface area (Å²) in [6.07, 6.45) is -0.677. The van der Waals surface area contributed by atoms with Crippen molar-refractivity contribution in [2.24, 2.45) is 0 Å². The van der Waals surface area contributed by atoms with E-state index in [-0.39, 0.29) is 12.4 Å². The fourth-order valence-corrected chi connectivity index (χ4v) is 2.16. The van der Waals surface area contributed by atoms with Gasteiger partial charge in [0.25, 0.3) is 0 Å². The summed E-state index contributed by atoms with van der Waals surface area (Å²) in [6.45, 7) is 4.01. The van der Waals surface area contributed by atoms with Gasteiger partial charge in [0.05, 0.1) is 7.11 Å². The Morgan fingerprint density at radius 2 is 1.88 bits per heavy atom. The van der Waals surface area contributed by atoms with Crippen molar-refractivity contribution in [1.82, 2.24) is 0 Å². The van der Waals surface area contributed by atoms with Gasteiger partial charge < -0.3 is 19.9 Å². The van der Waals surface area contributed by atoms with E-state index in [1.165, 1.54) is 19.6 Å². The number of Topliss-reactive ketones (excluding diaryl/α,β-unsaturated/α-hetero) is 1. The van der Waals surface area contributed by atoms with Crippen LogP contribution in [0.15, 0.2) is 42.5 Å². The second kappa shape index (κ2) is 8.36. The van der Waals surface area contributed by atoms with Crippen LogP contribution in [0.5, 0.6) is 11.5 Å². The van der Waals surface area contributed by atoms with E-state index in [0.717, 1.165) is 5.69 Å². The third kappa shape index (κ3) is 4.99. The van der Waals surface area contributed by atoms with E-state index in [4.69, 9.17) is 9.47 Å². The Labute approximate surface area is 142 Å². The molecule has 0 fully saturated rings. The molecule has 2 aromatic rings. The van der Waals surface area contributed by atoms with Gasteiger partial charge in [0.1, 0.15) is 12.7 Å². The average molecular weight is 329 g/mol. The number of anilines is 1. The van der Waals surface area contributed by atoms with Crippen LogP contribution in [0.2, 0.25) is 0 Å². The highest BCUT2D eigenvalue weighted by molar-refractivity contribution is 5.94. The summed E-state index contributed by atoms with van der Waals surface area (Å²) in [4.78, 5) is 11.4. The molecule has 0 aliphatic carbocycles. The zero-order valence-electron chi connectivity index (χ0n) is 14.2. The van der Waals surface area contributed by atoms with Crippen molar-refractivity contribution in [2.75, 3.05) is 25.6 Å². The molecule has 0 aromatic heterocycles. The lowest BCUT2D eigenvalue weighted by molar-refractivity contribution is 0.101. The number of ketones is 1. The van der Waals surface area contributed by atoms with Gasteiger partial charge in [-0.1, -0.05) is 17.7 Å². The van der Waals surface area contributed by atoms with Crippen molar-refractivity contribution in [2.45, 2.75) is 20.0 Å². The van der Waals surface area contributed by atoms with Crippen molar-refractivity contribution >= 4 is 11.5 Å². The van der Waals surface area contributed by atoms with Gasteiger partial charge in [0.15, 0.2) is 17.3 Å². The van der Waals surface area contributed by atoms with Crippen LogP contribution in [-0.2, 0) is 0 Å². The molecule has 0 saturated heterocycles. The van der Waals surface area contributed by atoms with Crippen LogP contribution in [0.25, 0.3) is 0 Å². The van der Waals surface area contributed by atoms with Crippen LogP contribution < -0.4 is 14.8 Å². The summed E-state index contributed by atoms with van der Waals surface area (Å²) in [6, 6.07) is 12.9. The first-order valence-corrected chi connectivity index (χ1v) is 7.80. The van der Waals surface area contributed by atoms with Gasteiger partial charge in [-0.25, -0.2) is 0 Å². The molecule has 0 amide bonds. The maximum absolute atomic E-state index is 11.4. The minimum atomic E-state index is -0.677. The highest BCUT2D eigenvalue weighted by Crippen LogP contribution is 2.28. The number of carbonyl (C=O) groups excluding carboxylic acids is 1. The molecule has 0 radical (unpaired) electrons. The molecular formula is C19H23NO4. The Morgan fingerprint density at radius 3 is 2.50 bits per heavy atom. The fraction of sp³-hybridized carbons (Fsp3) is 0.316. The second-order valence-electron chi connectivity index (χ2n) is 5.63. The molecule has 0 bridgehead atoms. The zero-order valence-corrected chi connectivity index (χ0v) is 14.2. The van der Waals surface area contributed by atoms with E-state index in [0.29, 0.717) is 23.6 Å². The molecule has 2 N–H and O–H groups in total. The van der Waals surface area contributed by atoms with Crippen LogP contribution in [0, 0.1) is 6.92 Å². The lowest BCUT2D eigenvalue weighted by atomic mass is 10.1. The molecule has 1 atom stereocenters. The molecule has 0 aliphatic heterocycles. The SMILES string of the molecule is COc1cc(C(C)=O)ccc1OCC(O)CNc1ccc(C)cc1. The predicted octanol–water partition coefficient (Wildman–Crippen LogP) is 3.06. The summed E-state index contributed by atoms with van der Waals surface area (Å²) in [5, 5.41) is 13.2. The zero-order chi connectivity index (χ0) is 17.5. The summed E-state index contributed by atoms with van der Waals surface area (Å²) in [5.74, 6) is 0.931. The average Bonchev–Trinajstić information content (AvgIpc) is 2.59. The molecular weight excluding hydrogens is 306 g/mol. The molecule has 5 nitrogen and oxygen atoms in total. The van der Waals surface area contributed by atoms with Gasteiger partial charge in [-0.15, -0.1) is 0 Å². The Hall–Kier alpha value is -2.53. The number of hydrogen-bond acceptors (Lipinski definition) is 5. The number of methoxy groups -OCH3 is 1. The van der Waals surface area contributed by atoms with E-state index < -0.39 is 6.10 Å². The van der Waals surface area contributed by atoms with Crippen molar-refractivity contribution in [1.29, 1.82) is 0 Å². The second-order valence-corrected chi connectivity index (χ2v) is 5.63. The first-order valence-electron chi connectivity index (χ1n) is 7.80. The van der Waals surface area contributed by atoms with E-state index in [2.05, 4.69) is 5.32 Å². The third-order valence-electron chi connectivity index (χ3n) is 3.59. The Bertz CT molecular complexity index is 682. The summed E-state index contributed by atoms with van der Waals surface area (Å²) in [7, 11) is 1.52. The van der Waals surface area contributed by atoms with E-state index >= 15 is 0 Å². The highest BCUT2D eigenvalue weighted by Gasteiger charge is 2.11. The number of nitrogens with one attached hydrogen (secondary N) is 1.